The van der Waals surface area contributed by atoms with Crippen molar-refractivity contribution in [3.63, 3.8) is 0 Å². The minimum absolute atomic E-state index is 0.193. The maximum atomic E-state index is 9.98. The quantitative estimate of drug-likeness (QED) is 0.721. The molecule has 0 aromatic heterocycles. The Balaban J connectivity index is 0.000000223. The van der Waals surface area contributed by atoms with Gasteiger partial charge in [-0.25, -0.2) is 0 Å². The number of carbonyl (C=O) groups is 1. The summed E-state index contributed by atoms with van der Waals surface area (Å²) in [5, 5.41) is 0. The Bertz CT molecular complexity index is 108. The summed E-state index contributed by atoms with van der Waals surface area (Å²) < 4.78 is 0. The van der Waals surface area contributed by atoms with Crippen LogP contribution in [0.25, 0.3) is 0 Å². The second-order valence-corrected chi connectivity index (χ2v) is 3.69. The fraction of sp³-hybridized carbons (Fsp3) is 0.909. The lowest BCUT2D eigenvalue weighted by Gasteiger charge is -2.05. The molecule has 1 fully saturated rings. The summed E-state index contributed by atoms with van der Waals surface area (Å²) in [6.07, 6.45) is 11.5. The van der Waals surface area contributed by atoms with Crippen LogP contribution in [0.5, 0.6) is 0 Å². The number of amides is 1. The summed E-state index contributed by atoms with van der Waals surface area (Å²) in [5.74, 6) is -0.193. The van der Waals surface area contributed by atoms with Gasteiger partial charge in [-0.3, -0.25) is 4.79 Å². The Labute approximate surface area is 81.9 Å². The van der Waals surface area contributed by atoms with E-state index in [2.05, 4.69) is 0 Å². The smallest absolute Gasteiger partial charge is 0.217 e. The van der Waals surface area contributed by atoms with E-state index in [0.29, 0.717) is 6.42 Å². The van der Waals surface area contributed by atoms with Gasteiger partial charge in [0.1, 0.15) is 0 Å². The lowest BCUT2D eigenvalue weighted by molar-refractivity contribution is -0.118. The molecule has 0 aromatic carbocycles. The molecule has 2 nitrogen and oxygen atoms in total. The van der Waals surface area contributed by atoms with Gasteiger partial charge < -0.3 is 5.73 Å². The van der Waals surface area contributed by atoms with Crippen LogP contribution in [0.2, 0.25) is 0 Å². The SMILES string of the molecule is C1CCCCC1.CCCCC(N)=O. The highest BCUT2D eigenvalue weighted by molar-refractivity contribution is 5.73. The molecule has 13 heavy (non-hydrogen) atoms. The van der Waals surface area contributed by atoms with Crippen LogP contribution in [0.1, 0.15) is 64.7 Å². The molecule has 0 spiro atoms. The molecule has 1 aliphatic carbocycles. The second-order valence-electron chi connectivity index (χ2n) is 3.69. The molecule has 1 amide bonds. The minimum Gasteiger partial charge on any atom is -0.370 e. The van der Waals surface area contributed by atoms with Crippen LogP contribution in [0.4, 0.5) is 0 Å². The third-order valence-electron chi connectivity index (χ3n) is 2.28. The molecule has 0 radical (unpaired) electrons. The average Bonchev–Trinajstić information content (AvgIpc) is 2.18. The number of nitrogens with two attached hydrogens (primary N) is 1. The third kappa shape index (κ3) is 11.5. The highest BCUT2D eigenvalue weighted by atomic mass is 16.1. The predicted molar refractivity (Wildman–Crippen MR) is 56.4 cm³/mol. The molecule has 0 aliphatic heterocycles. The van der Waals surface area contributed by atoms with Crippen LogP contribution in [0.3, 0.4) is 0 Å². The van der Waals surface area contributed by atoms with Crippen molar-refractivity contribution in [2.45, 2.75) is 64.7 Å². The van der Waals surface area contributed by atoms with E-state index in [1.165, 1.54) is 38.5 Å². The summed E-state index contributed by atoms with van der Waals surface area (Å²) in [6.45, 7) is 2.03. The molecular formula is C11H23NO. The van der Waals surface area contributed by atoms with Gasteiger partial charge in [-0.1, -0.05) is 51.9 Å². The van der Waals surface area contributed by atoms with Crippen LogP contribution >= 0.6 is 0 Å². The van der Waals surface area contributed by atoms with Crippen molar-refractivity contribution < 1.29 is 4.79 Å². The fourth-order valence-electron chi connectivity index (χ4n) is 1.41. The first kappa shape index (κ1) is 12.5. The average molecular weight is 185 g/mol. The molecule has 1 saturated carbocycles. The van der Waals surface area contributed by atoms with E-state index >= 15 is 0 Å². The minimum atomic E-state index is -0.193. The number of hydrogen-bond donors (Lipinski definition) is 1. The monoisotopic (exact) mass is 185 g/mol. The first-order valence-electron chi connectivity index (χ1n) is 5.55. The van der Waals surface area contributed by atoms with Gasteiger partial charge in [0.05, 0.1) is 0 Å². The fourth-order valence-corrected chi connectivity index (χ4v) is 1.41. The maximum Gasteiger partial charge on any atom is 0.217 e. The Morgan fingerprint density at radius 3 is 1.62 bits per heavy atom. The van der Waals surface area contributed by atoms with Crippen LogP contribution < -0.4 is 5.73 Å². The van der Waals surface area contributed by atoms with Gasteiger partial charge in [-0.2, -0.15) is 0 Å². The van der Waals surface area contributed by atoms with Crippen molar-refractivity contribution in [1.29, 1.82) is 0 Å². The highest BCUT2D eigenvalue weighted by Gasteiger charge is 1.95. The normalized spacial score (nSPS) is 15.8. The summed E-state index contributed by atoms with van der Waals surface area (Å²) in [5.41, 5.74) is 4.84. The standard InChI is InChI=1S/C6H12.C5H11NO/c1-2-4-6-5-3-1;1-2-3-4-5(6)7/h1-6H2;2-4H2,1H3,(H2,6,7). The lowest BCUT2D eigenvalue weighted by Crippen LogP contribution is -2.09. The van der Waals surface area contributed by atoms with Crippen LogP contribution in [0.15, 0.2) is 0 Å². The van der Waals surface area contributed by atoms with Crippen molar-refractivity contribution in [3.05, 3.63) is 0 Å². The molecule has 0 aromatic rings. The van der Waals surface area contributed by atoms with E-state index in [0.717, 1.165) is 12.8 Å². The Morgan fingerprint density at radius 2 is 1.46 bits per heavy atom. The molecule has 1 aliphatic rings. The first-order chi connectivity index (χ1) is 6.27. The number of unbranched alkanes of at least 4 members (excludes halogenated alkanes) is 1. The number of primary amides is 1. The van der Waals surface area contributed by atoms with Gasteiger partial charge in [0.25, 0.3) is 0 Å². The van der Waals surface area contributed by atoms with Gasteiger partial charge in [-0.05, 0) is 6.42 Å². The molecule has 0 atom stereocenters. The molecule has 2 heteroatoms. The Morgan fingerprint density at radius 1 is 1.08 bits per heavy atom. The Kier molecular flexibility index (Phi) is 9.17. The molecule has 0 bridgehead atoms. The predicted octanol–water partition coefficient (Wildman–Crippen LogP) is 3.00. The van der Waals surface area contributed by atoms with E-state index in [9.17, 15) is 4.79 Å². The molecule has 0 saturated heterocycles. The molecule has 78 valence electrons. The molecular weight excluding hydrogens is 162 g/mol. The molecule has 1 rings (SSSR count). The lowest BCUT2D eigenvalue weighted by atomic mass is 10.0. The van der Waals surface area contributed by atoms with Gasteiger partial charge in [-0.15, -0.1) is 0 Å². The molecule has 2 N–H and O–H groups in total. The molecule has 0 unspecified atom stereocenters. The van der Waals surface area contributed by atoms with Crippen molar-refractivity contribution in [1.82, 2.24) is 0 Å². The summed E-state index contributed by atoms with van der Waals surface area (Å²) in [4.78, 5) is 9.98. The number of hydrogen-bond acceptors (Lipinski definition) is 1. The van der Waals surface area contributed by atoms with Crippen LogP contribution in [0, 0.1) is 0 Å². The number of carbonyl (C=O) groups excluding carboxylic acids is 1. The topological polar surface area (TPSA) is 43.1 Å². The van der Waals surface area contributed by atoms with Crippen LogP contribution in [-0.4, -0.2) is 5.91 Å². The zero-order valence-corrected chi connectivity index (χ0v) is 8.85. The summed E-state index contributed by atoms with van der Waals surface area (Å²) >= 11 is 0. The molecule has 0 heterocycles. The first-order valence-corrected chi connectivity index (χ1v) is 5.55. The van der Waals surface area contributed by atoms with E-state index in [4.69, 9.17) is 5.73 Å². The van der Waals surface area contributed by atoms with Gasteiger partial charge in [0, 0.05) is 6.42 Å². The van der Waals surface area contributed by atoms with E-state index in [1.807, 2.05) is 6.92 Å². The second kappa shape index (κ2) is 9.56. The maximum absolute atomic E-state index is 9.98. The van der Waals surface area contributed by atoms with Gasteiger partial charge in [0.15, 0.2) is 0 Å². The van der Waals surface area contributed by atoms with Gasteiger partial charge in [0.2, 0.25) is 5.91 Å². The van der Waals surface area contributed by atoms with Crippen molar-refractivity contribution in [2.75, 3.05) is 0 Å². The largest absolute Gasteiger partial charge is 0.370 e. The van der Waals surface area contributed by atoms with Crippen LogP contribution in [-0.2, 0) is 4.79 Å². The zero-order chi connectivity index (χ0) is 9.94. The highest BCUT2D eigenvalue weighted by Crippen LogP contribution is 2.15. The Hall–Kier alpha value is -0.530. The zero-order valence-electron chi connectivity index (χ0n) is 8.85. The van der Waals surface area contributed by atoms with Crippen molar-refractivity contribution in [2.24, 2.45) is 5.73 Å². The van der Waals surface area contributed by atoms with Gasteiger partial charge >= 0.3 is 0 Å². The van der Waals surface area contributed by atoms with E-state index < -0.39 is 0 Å². The van der Waals surface area contributed by atoms with Crippen molar-refractivity contribution >= 4 is 5.91 Å². The summed E-state index contributed by atoms with van der Waals surface area (Å²) in [6, 6.07) is 0. The third-order valence-corrected chi connectivity index (χ3v) is 2.28. The number of rotatable bonds is 3. The summed E-state index contributed by atoms with van der Waals surface area (Å²) in [7, 11) is 0. The van der Waals surface area contributed by atoms with E-state index in [-0.39, 0.29) is 5.91 Å². The van der Waals surface area contributed by atoms with Crippen molar-refractivity contribution in [3.8, 4) is 0 Å². The van der Waals surface area contributed by atoms with E-state index in [1.54, 1.807) is 0 Å².